The van der Waals surface area contributed by atoms with Gasteiger partial charge in [0, 0.05) is 52.7 Å². The Kier molecular flexibility index (Phi) is 11.2. The van der Waals surface area contributed by atoms with Crippen LogP contribution in [0.15, 0.2) is 29.3 Å². The molecule has 2 amide bonds. The highest BCUT2D eigenvalue weighted by Gasteiger charge is 2.31. The minimum atomic E-state index is -0.0780. The number of halogens is 1. The minimum absolute atomic E-state index is 0. The number of likely N-dealkylation sites (tertiary alicyclic amines) is 1. The molecule has 1 unspecified atom stereocenters. The molecule has 3 rings (SSSR count). The fourth-order valence-corrected chi connectivity index (χ4v) is 4.28. The van der Waals surface area contributed by atoms with Gasteiger partial charge >= 0.3 is 0 Å². The average Bonchev–Trinajstić information content (AvgIpc) is 3.29. The molecule has 2 aliphatic rings. The monoisotopic (exact) mass is 571 g/mol. The number of nitrogens with zero attached hydrogens (tertiary/aromatic N) is 3. The van der Waals surface area contributed by atoms with Gasteiger partial charge in [0.1, 0.15) is 5.75 Å². The zero-order valence-electron chi connectivity index (χ0n) is 20.0. The van der Waals surface area contributed by atoms with Gasteiger partial charge in [0.2, 0.25) is 5.91 Å². The number of likely N-dealkylation sites (N-methyl/N-ethyl adjacent to an activating group) is 1. The third kappa shape index (κ3) is 8.35. The van der Waals surface area contributed by atoms with Crippen molar-refractivity contribution in [1.29, 1.82) is 0 Å². The molecule has 1 aromatic carbocycles. The molecular formula is C24H38IN5O3. The molecule has 1 atom stereocenters. The van der Waals surface area contributed by atoms with Gasteiger partial charge in [0.15, 0.2) is 12.6 Å². The van der Waals surface area contributed by atoms with Crippen molar-refractivity contribution in [1.82, 2.24) is 20.4 Å². The molecule has 1 aromatic rings. The van der Waals surface area contributed by atoms with Crippen molar-refractivity contribution in [2.24, 2.45) is 10.9 Å². The minimum Gasteiger partial charge on any atom is -0.484 e. The summed E-state index contributed by atoms with van der Waals surface area (Å²) in [4.78, 5) is 32.4. The lowest BCUT2D eigenvalue weighted by Crippen LogP contribution is -2.45. The number of ether oxygens (including phenoxy) is 1. The summed E-state index contributed by atoms with van der Waals surface area (Å²) in [6.07, 6.45) is 6.65. The lowest BCUT2D eigenvalue weighted by atomic mass is 9.88. The number of nitrogens with one attached hydrogen (secondary N) is 2. The first-order chi connectivity index (χ1) is 15.5. The van der Waals surface area contributed by atoms with E-state index in [0.717, 1.165) is 43.9 Å². The van der Waals surface area contributed by atoms with E-state index in [-0.39, 0.29) is 48.5 Å². The summed E-state index contributed by atoms with van der Waals surface area (Å²) < 4.78 is 5.59. The fraction of sp³-hybridized carbons (Fsp3) is 0.625. The standard InChI is InChI=1S/C24H37N5O3.HI/c1-25-24(26-15-18-8-7-11-21(14-18)32-17-22(30)28(2)3)27-20-12-13-29(16-20)23(31)19-9-5-4-6-10-19;/h7-8,11,14,19-20H,4-6,9-10,12-13,15-17H2,1-3H3,(H2,25,26,27);1H. The number of hydrogen-bond acceptors (Lipinski definition) is 4. The maximum absolute atomic E-state index is 12.8. The van der Waals surface area contributed by atoms with E-state index < -0.39 is 0 Å². The van der Waals surface area contributed by atoms with Crippen molar-refractivity contribution in [2.45, 2.75) is 51.1 Å². The van der Waals surface area contributed by atoms with Gasteiger partial charge in [0.05, 0.1) is 0 Å². The van der Waals surface area contributed by atoms with E-state index >= 15 is 0 Å². The van der Waals surface area contributed by atoms with Crippen LogP contribution in [0.25, 0.3) is 0 Å². The summed E-state index contributed by atoms with van der Waals surface area (Å²) in [7, 11) is 5.17. The Labute approximate surface area is 214 Å². The van der Waals surface area contributed by atoms with Crippen LogP contribution in [-0.4, -0.2) is 74.5 Å². The number of amides is 2. The summed E-state index contributed by atoms with van der Waals surface area (Å²) >= 11 is 0. The van der Waals surface area contributed by atoms with Crippen LogP contribution in [0.2, 0.25) is 0 Å². The van der Waals surface area contributed by atoms with Crippen LogP contribution >= 0.6 is 24.0 Å². The number of guanidine groups is 1. The molecule has 9 heteroatoms. The van der Waals surface area contributed by atoms with Crippen molar-refractivity contribution in [3.05, 3.63) is 29.8 Å². The second kappa shape index (κ2) is 13.6. The molecule has 2 fully saturated rings. The molecule has 1 saturated heterocycles. The summed E-state index contributed by atoms with van der Waals surface area (Å²) in [5.41, 5.74) is 1.03. The molecule has 8 nitrogen and oxygen atoms in total. The number of benzene rings is 1. The number of aliphatic imine (C=N–C) groups is 1. The third-order valence-corrected chi connectivity index (χ3v) is 6.24. The van der Waals surface area contributed by atoms with Crippen LogP contribution in [0, 0.1) is 5.92 Å². The van der Waals surface area contributed by atoms with Gasteiger partial charge < -0.3 is 25.2 Å². The molecule has 1 aliphatic heterocycles. The van der Waals surface area contributed by atoms with Crippen LogP contribution in [-0.2, 0) is 16.1 Å². The summed E-state index contributed by atoms with van der Waals surface area (Å²) in [5.74, 6) is 1.86. The highest BCUT2D eigenvalue weighted by molar-refractivity contribution is 14.0. The maximum atomic E-state index is 12.8. The van der Waals surface area contributed by atoms with E-state index in [2.05, 4.69) is 15.6 Å². The zero-order chi connectivity index (χ0) is 22.9. The topological polar surface area (TPSA) is 86.3 Å². The van der Waals surface area contributed by atoms with E-state index in [0.29, 0.717) is 18.2 Å². The predicted molar refractivity (Wildman–Crippen MR) is 141 cm³/mol. The molecule has 1 heterocycles. The maximum Gasteiger partial charge on any atom is 0.259 e. The zero-order valence-corrected chi connectivity index (χ0v) is 22.3. The number of carbonyl (C=O) groups excluding carboxylic acids is 2. The van der Waals surface area contributed by atoms with Gasteiger partial charge in [-0.15, -0.1) is 24.0 Å². The summed E-state index contributed by atoms with van der Waals surface area (Å²) in [6.45, 7) is 2.15. The largest absolute Gasteiger partial charge is 0.484 e. The second-order valence-electron chi connectivity index (χ2n) is 8.90. The Morgan fingerprint density at radius 3 is 2.64 bits per heavy atom. The molecular weight excluding hydrogens is 533 g/mol. The molecule has 0 aromatic heterocycles. The average molecular weight is 572 g/mol. The SMILES string of the molecule is CN=C(NCc1cccc(OCC(=O)N(C)C)c1)NC1CCN(C(=O)C2CCCCC2)C1.I. The fourth-order valence-electron chi connectivity index (χ4n) is 4.28. The van der Waals surface area contributed by atoms with Crippen LogP contribution in [0.4, 0.5) is 0 Å². The summed E-state index contributed by atoms with van der Waals surface area (Å²) in [6, 6.07) is 7.88. The number of rotatable bonds is 7. The molecule has 1 saturated carbocycles. The molecule has 0 spiro atoms. The van der Waals surface area contributed by atoms with Gasteiger partial charge in [-0.3, -0.25) is 14.6 Å². The van der Waals surface area contributed by atoms with Crippen LogP contribution < -0.4 is 15.4 Å². The van der Waals surface area contributed by atoms with Crippen LogP contribution in [0.3, 0.4) is 0 Å². The molecule has 0 bridgehead atoms. The smallest absolute Gasteiger partial charge is 0.259 e. The van der Waals surface area contributed by atoms with Gasteiger partial charge in [-0.25, -0.2) is 0 Å². The lowest BCUT2D eigenvalue weighted by molar-refractivity contribution is -0.135. The van der Waals surface area contributed by atoms with E-state index in [1.807, 2.05) is 29.2 Å². The normalized spacial score (nSPS) is 18.9. The van der Waals surface area contributed by atoms with Gasteiger partial charge in [-0.05, 0) is 37.0 Å². The Balaban J connectivity index is 0.00000385. The van der Waals surface area contributed by atoms with E-state index in [1.165, 1.54) is 24.2 Å². The first-order valence-electron chi connectivity index (χ1n) is 11.6. The second-order valence-corrected chi connectivity index (χ2v) is 8.90. The first kappa shape index (κ1) is 27.2. The van der Waals surface area contributed by atoms with E-state index in [9.17, 15) is 9.59 Å². The quantitative estimate of drug-likeness (QED) is 0.299. The van der Waals surface area contributed by atoms with Gasteiger partial charge in [-0.1, -0.05) is 31.4 Å². The Morgan fingerprint density at radius 1 is 1.18 bits per heavy atom. The van der Waals surface area contributed by atoms with E-state index in [1.54, 1.807) is 21.1 Å². The van der Waals surface area contributed by atoms with Crippen molar-refractivity contribution >= 4 is 41.8 Å². The lowest BCUT2D eigenvalue weighted by Gasteiger charge is -2.26. The predicted octanol–water partition coefficient (Wildman–Crippen LogP) is 2.62. The highest BCUT2D eigenvalue weighted by Crippen LogP contribution is 2.26. The molecule has 0 radical (unpaired) electrons. The first-order valence-corrected chi connectivity index (χ1v) is 11.6. The number of hydrogen-bond donors (Lipinski definition) is 2. The van der Waals surface area contributed by atoms with Crippen molar-refractivity contribution in [2.75, 3.05) is 40.8 Å². The van der Waals surface area contributed by atoms with Gasteiger partial charge in [0.25, 0.3) is 5.91 Å². The van der Waals surface area contributed by atoms with Crippen molar-refractivity contribution in [3.63, 3.8) is 0 Å². The Hall–Kier alpha value is -2.04. The van der Waals surface area contributed by atoms with E-state index in [4.69, 9.17) is 4.74 Å². The molecule has 1 aliphatic carbocycles. The van der Waals surface area contributed by atoms with Crippen LogP contribution in [0.1, 0.15) is 44.1 Å². The summed E-state index contributed by atoms with van der Waals surface area (Å²) in [5, 5.41) is 6.79. The molecule has 184 valence electrons. The Morgan fingerprint density at radius 2 is 1.94 bits per heavy atom. The van der Waals surface area contributed by atoms with Crippen LogP contribution in [0.5, 0.6) is 5.75 Å². The van der Waals surface area contributed by atoms with Crippen molar-refractivity contribution in [3.8, 4) is 5.75 Å². The highest BCUT2D eigenvalue weighted by atomic mass is 127. The number of carbonyl (C=O) groups is 2. The third-order valence-electron chi connectivity index (χ3n) is 6.24. The Bertz CT molecular complexity index is 811. The van der Waals surface area contributed by atoms with Crippen molar-refractivity contribution < 1.29 is 14.3 Å². The van der Waals surface area contributed by atoms with Gasteiger partial charge in [-0.2, -0.15) is 0 Å². The molecule has 33 heavy (non-hydrogen) atoms. The molecule has 2 N–H and O–H groups in total.